The molecule has 3 rings (SSSR count). The molecule has 21 heavy (non-hydrogen) atoms. The lowest BCUT2D eigenvalue weighted by Gasteiger charge is -2.17. The van der Waals surface area contributed by atoms with E-state index in [1.807, 2.05) is 41.5 Å². The number of likely N-dealkylation sites (tertiary alicyclic amines) is 1. The van der Waals surface area contributed by atoms with Crippen molar-refractivity contribution in [1.82, 2.24) is 14.5 Å². The first-order valence-electron chi connectivity index (χ1n) is 7.45. The predicted octanol–water partition coefficient (Wildman–Crippen LogP) is 3.27. The zero-order chi connectivity index (χ0) is 15.0. The van der Waals surface area contributed by atoms with E-state index in [0.29, 0.717) is 6.54 Å². The van der Waals surface area contributed by atoms with E-state index in [2.05, 4.69) is 4.98 Å². The van der Waals surface area contributed by atoms with Gasteiger partial charge in [0.1, 0.15) is 12.4 Å². The summed E-state index contributed by atoms with van der Waals surface area (Å²) < 4.78 is 1.97. The third-order valence-electron chi connectivity index (χ3n) is 4.12. The maximum atomic E-state index is 12.5. The topological polar surface area (TPSA) is 38.1 Å². The third kappa shape index (κ3) is 2.64. The SMILES string of the molecule is Cc1cccc2c1nc(C(C)Cl)n2CC(=O)N1CCCC1. The Hall–Kier alpha value is -1.55. The molecule has 1 aromatic carbocycles. The summed E-state index contributed by atoms with van der Waals surface area (Å²) in [5, 5.41) is -0.219. The fourth-order valence-corrected chi connectivity index (χ4v) is 3.14. The highest BCUT2D eigenvalue weighted by atomic mass is 35.5. The third-order valence-corrected chi connectivity index (χ3v) is 4.31. The van der Waals surface area contributed by atoms with Crippen molar-refractivity contribution in [2.75, 3.05) is 13.1 Å². The lowest BCUT2D eigenvalue weighted by atomic mass is 10.2. The molecular weight excluding hydrogens is 286 g/mol. The Labute approximate surface area is 129 Å². The standard InChI is InChI=1S/C16H20ClN3O/c1-11-6-5-7-13-15(11)18-16(12(2)17)20(13)10-14(21)19-8-3-4-9-19/h5-7,12H,3-4,8-10H2,1-2H3. The Morgan fingerprint density at radius 3 is 2.76 bits per heavy atom. The van der Waals surface area contributed by atoms with Crippen molar-refractivity contribution in [3.63, 3.8) is 0 Å². The Kier molecular flexibility index (Phi) is 3.89. The van der Waals surface area contributed by atoms with Gasteiger partial charge >= 0.3 is 0 Å². The number of imidazole rings is 1. The normalized spacial score (nSPS) is 16.6. The number of amides is 1. The summed E-state index contributed by atoms with van der Waals surface area (Å²) in [4.78, 5) is 19.0. The number of para-hydroxylation sites is 1. The number of aryl methyl sites for hydroxylation is 1. The van der Waals surface area contributed by atoms with Crippen molar-refractivity contribution in [2.24, 2.45) is 0 Å². The van der Waals surface area contributed by atoms with Crippen LogP contribution in [0.15, 0.2) is 18.2 Å². The fraction of sp³-hybridized carbons (Fsp3) is 0.500. The molecule has 1 atom stereocenters. The Morgan fingerprint density at radius 2 is 2.10 bits per heavy atom. The molecule has 0 N–H and O–H groups in total. The number of aromatic nitrogens is 2. The molecule has 5 heteroatoms. The zero-order valence-electron chi connectivity index (χ0n) is 12.5. The first kappa shape index (κ1) is 14.4. The number of alkyl halides is 1. The minimum Gasteiger partial charge on any atom is -0.341 e. The Morgan fingerprint density at radius 1 is 1.38 bits per heavy atom. The average Bonchev–Trinajstić information content (AvgIpc) is 3.07. The van der Waals surface area contributed by atoms with Crippen LogP contribution in [0.1, 0.15) is 36.5 Å². The van der Waals surface area contributed by atoms with Crippen LogP contribution in [-0.4, -0.2) is 33.4 Å². The molecule has 0 radical (unpaired) electrons. The molecule has 1 aliphatic heterocycles. The second-order valence-electron chi connectivity index (χ2n) is 5.70. The molecule has 1 saturated heterocycles. The molecule has 1 aliphatic rings. The molecule has 4 nitrogen and oxygen atoms in total. The molecule has 1 fully saturated rings. The highest BCUT2D eigenvalue weighted by molar-refractivity contribution is 6.20. The summed E-state index contributed by atoms with van der Waals surface area (Å²) in [6.07, 6.45) is 2.21. The number of hydrogen-bond acceptors (Lipinski definition) is 2. The summed E-state index contributed by atoms with van der Waals surface area (Å²) in [7, 11) is 0. The van der Waals surface area contributed by atoms with Gasteiger partial charge in [-0.3, -0.25) is 4.79 Å². The minimum absolute atomic E-state index is 0.159. The lowest BCUT2D eigenvalue weighted by Crippen LogP contribution is -2.31. The highest BCUT2D eigenvalue weighted by Crippen LogP contribution is 2.26. The van der Waals surface area contributed by atoms with Gasteiger partial charge < -0.3 is 9.47 Å². The number of carbonyl (C=O) groups is 1. The zero-order valence-corrected chi connectivity index (χ0v) is 13.2. The van der Waals surface area contributed by atoms with Crippen molar-refractivity contribution in [3.05, 3.63) is 29.6 Å². The van der Waals surface area contributed by atoms with E-state index in [1.54, 1.807) is 0 Å². The number of nitrogens with zero attached hydrogens (tertiary/aromatic N) is 3. The van der Waals surface area contributed by atoms with Crippen molar-refractivity contribution < 1.29 is 4.79 Å². The molecular formula is C16H20ClN3O. The van der Waals surface area contributed by atoms with E-state index >= 15 is 0 Å². The molecule has 1 unspecified atom stereocenters. The van der Waals surface area contributed by atoms with Crippen molar-refractivity contribution >= 4 is 28.5 Å². The molecule has 0 aliphatic carbocycles. The summed E-state index contributed by atoms with van der Waals surface area (Å²) in [5.74, 6) is 0.931. The predicted molar refractivity (Wildman–Crippen MR) is 84.6 cm³/mol. The number of hydrogen-bond donors (Lipinski definition) is 0. The Balaban J connectivity index is 2.01. The summed E-state index contributed by atoms with van der Waals surface area (Å²) in [6.45, 7) is 6.00. The van der Waals surface area contributed by atoms with Gasteiger partial charge in [-0.05, 0) is 38.3 Å². The summed E-state index contributed by atoms with van der Waals surface area (Å²) in [6, 6.07) is 6.04. The number of fused-ring (bicyclic) bond motifs is 1. The molecule has 1 amide bonds. The van der Waals surface area contributed by atoms with Crippen LogP contribution in [0.4, 0.5) is 0 Å². The smallest absolute Gasteiger partial charge is 0.242 e. The Bertz CT molecular complexity index is 671. The molecule has 0 bridgehead atoms. The molecule has 112 valence electrons. The lowest BCUT2D eigenvalue weighted by molar-refractivity contribution is -0.130. The van der Waals surface area contributed by atoms with Gasteiger partial charge in [0.2, 0.25) is 5.91 Å². The van der Waals surface area contributed by atoms with Crippen molar-refractivity contribution in [1.29, 1.82) is 0 Å². The number of carbonyl (C=O) groups excluding carboxylic acids is 1. The first-order valence-corrected chi connectivity index (χ1v) is 7.89. The maximum Gasteiger partial charge on any atom is 0.242 e. The van der Waals surface area contributed by atoms with Crippen LogP contribution in [0.3, 0.4) is 0 Å². The minimum atomic E-state index is -0.219. The van der Waals surface area contributed by atoms with Gasteiger partial charge in [0.25, 0.3) is 0 Å². The number of halogens is 1. The second kappa shape index (κ2) is 5.68. The van der Waals surface area contributed by atoms with Crippen LogP contribution < -0.4 is 0 Å². The van der Waals surface area contributed by atoms with Crippen molar-refractivity contribution in [2.45, 2.75) is 38.6 Å². The van der Waals surface area contributed by atoms with Crippen LogP contribution in [0.5, 0.6) is 0 Å². The van der Waals surface area contributed by atoms with Crippen LogP contribution >= 0.6 is 11.6 Å². The molecule has 1 aromatic heterocycles. The van der Waals surface area contributed by atoms with E-state index in [-0.39, 0.29) is 11.3 Å². The summed E-state index contributed by atoms with van der Waals surface area (Å²) in [5.41, 5.74) is 3.04. The maximum absolute atomic E-state index is 12.5. The summed E-state index contributed by atoms with van der Waals surface area (Å²) >= 11 is 6.27. The van der Waals surface area contributed by atoms with E-state index < -0.39 is 0 Å². The largest absolute Gasteiger partial charge is 0.341 e. The van der Waals surface area contributed by atoms with Crippen molar-refractivity contribution in [3.8, 4) is 0 Å². The molecule has 2 heterocycles. The van der Waals surface area contributed by atoms with Gasteiger partial charge in [0, 0.05) is 13.1 Å². The van der Waals surface area contributed by atoms with Crippen LogP contribution in [0.2, 0.25) is 0 Å². The van der Waals surface area contributed by atoms with Crippen LogP contribution in [-0.2, 0) is 11.3 Å². The number of rotatable bonds is 3. The van der Waals surface area contributed by atoms with Gasteiger partial charge in [-0.15, -0.1) is 11.6 Å². The van der Waals surface area contributed by atoms with Gasteiger partial charge in [0.15, 0.2) is 0 Å². The van der Waals surface area contributed by atoms with Gasteiger partial charge in [-0.25, -0.2) is 4.98 Å². The molecule has 0 saturated carbocycles. The quantitative estimate of drug-likeness (QED) is 0.816. The molecule has 0 spiro atoms. The van der Waals surface area contributed by atoms with Crippen LogP contribution in [0, 0.1) is 6.92 Å². The van der Waals surface area contributed by atoms with E-state index in [0.717, 1.165) is 48.4 Å². The first-order chi connectivity index (χ1) is 10.1. The molecule has 2 aromatic rings. The van der Waals surface area contributed by atoms with Gasteiger partial charge in [0.05, 0.1) is 16.4 Å². The monoisotopic (exact) mass is 305 g/mol. The van der Waals surface area contributed by atoms with Gasteiger partial charge in [-0.2, -0.15) is 0 Å². The van der Waals surface area contributed by atoms with Crippen LogP contribution in [0.25, 0.3) is 11.0 Å². The van der Waals surface area contributed by atoms with Gasteiger partial charge in [-0.1, -0.05) is 12.1 Å². The highest BCUT2D eigenvalue weighted by Gasteiger charge is 2.22. The average molecular weight is 306 g/mol. The number of benzene rings is 1. The van der Waals surface area contributed by atoms with E-state index in [9.17, 15) is 4.79 Å². The second-order valence-corrected chi connectivity index (χ2v) is 6.36. The van der Waals surface area contributed by atoms with E-state index in [4.69, 9.17) is 11.6 Å². The fourth-order valence-electron chi connectivity index (χ4n) is 2.98. The van der Waals surface area contributed by atoms with E-state index in [1.165, 1.54) is 0 Å².